The Morgan fingerprint density at radius 2 is 1.55 bits per heavy atom. The first-order valence-corrected chi connectivity index (χ1v) is 4.53. The van der Waals surface area contributed by atoms with E-state index in [1.807, 2.05) is 0 Å². The van der Waals surface area contributed by atoms with Crippen LogP contribution in [0.2, 0.25) is 0 Å². The van der Waals surface area contributed by atoms with Crippen LogP contribution in [0, 0.1) is 11.8 Å². The van der Waals surface area contributed by atoms with Gasteiger partial charge in [0.1, 0.15) is 0 Å². The average molecular weight is 158 g/mol. The van der Waals surface area contributed by atoms with Gasteiger partial charge in [0.05, 0.1) is 6.17 Å². The quantitative estimate of drug-likeness (QED) is 0.598. The third kappa shape index (κ3) is 7.82. The van der Waals surface area contributed by atoms with Gasteiger partial charge in [-0.2, -0.15) is 0 Å². The monoisotopic (exact) mass is 158 g/mol. The van der Waals surface area contributed by atoms with E-state index < -0.39 is 0 Å². The van der Waals surface area contributed by atoms with E-state index in [1.54, 1.807) is 0 Å². The molecule has 2 heteroatoms. The molecule has 0 saturated heterocycles. The minimum Gasteiger partial charge on any atom is -0.316 e. The van der Waals surface area contributed by atoms with Crippen molar-refractivity contribution in [3.8, 4) is 0 Å². The summed E-state index contributed by atoms with van der Waals surface area (Å²) in [7, 11) is 0. The molecule has 1 atom stereocenters. The summed E-state index contributed by atoms with van der Waals surface area (Å²) >= 11 is 0. The Kier molecular flexibility index (Phi) is 5.51. The lowest BCUT2D eigenvalue weighted by molar-refractivity contribution is 0.400. The highest BCUT2D eigenvalue weighted by Gasteiger charge is 2.05. The predicted octanol–water partition coefficient (Wildman–Crippen LogP) is 1.69. The maximum atomic E-state index is 5.48. The molecule has 0 amide bonds. The van der Waals surface area contributed by atoms with E-state index >= 15 is 0 Å². The van der Waals surface area contributed by atoms with Gasteiger partial charge < -0.3 is 11.5 Å². The highest BCUT2D eigenvalue weighted by atomic mass is 14.8. The fourth-order valence-electron chi connectivity index (χ4n) is 1.20. The predicted molar refractivity (Wildman–Crippen MR) is 50.0 cm³/mol. The zero-order valence-electron chi connectivity index (χ0n) is 8.01. The fraction of sp³-hybridized carbons (Fsp3) is 1.00. The molecule has 0 aliphatic carbocycles. The van der Waals surface area contributed by atoms with Crippen LogP contribution in [0.15, 0.2) is 0 Å². The van der Waals surface area contributed by atoms with Crippen molar-refractivity contribution in [2.45, 2.75) is 46.2 Å². The van der Waals surface area contributed by atoms with Gasteiger partial charge >= 0.3 is 0 Å². The Morgan fingerprint density at radius 3 is 1.91 bits per heavy atom. The van der Waals surface area contributed by atoms with Crippen LogP contribution in [0.1, 0.15) is 40.0 Å². The first kappa shape index (κ1) is 10.9. The van der Waals surface area contributed by atoms with Crippen molar-refractivity contribution in [1.29, 1.82) is 0 Å². The molecule has 68 valence electrons. The van der Waals surface area contributed by atoms with Crippen LogP contribution in [-0.4, -0.2) is 6.17 Å². The molecule has 11 heavy (non-hydrogen) atoms. The minimum atomic E-state index is -0.128. The molecular weight excluding hydrogens is 136 g/mol. The Hall–Kier alpha value is -0.0800. The van der Waals surface area contributed by atoms with Crippen molar-refractivity contribution >= 4 is 0 Å². The molecule has 0 bridgehead atoms. The maximum absolute atomic E-state index is 5.48. The molecule has 4 N–H and O–H groups in total. The topological polar surface area (TPSA) is 52.0 Å². The third-order valence-electron chi connectivity index (χ3n) is 1.91. The van der Waals surface area contributed by atoms with Gasteiger partial charge in [-0.1, -0.05) is 33.6 Å². The van der Waals surface area contributed by atoms with E-state index in [2.05, 4.69) is 20.8 Å². The van der Waals surface area contributed by atoms with Crippen molar-refractivity contribution in [1.82, 2.24) is 0 Å². The normalized spacial score (nSPS) is 14.5. The van der Waals surface area contributed by atoms with Gasteiger partial charge in [-0.25, -0.2) is 0 Å². The number of nitrogens with two attached hydrogens (primary N) is 2. The van der Waals surface area contributed by atoms with Crippen molar-refractivity contribution in [3.05, 3.63) is 0 Å². The second-order valence-corrected chi connectivity index (χ2v) is 3.98. The van der Waals surface area contributed by atoms with Crippen LogP contribution in [0.4, 0.5) is 0 Å². The molecule has 0 radical (unpaired) electrons. The van der Waals surface area contributed by atoms with Crippen LogP contribution in [-0.2, 0) is 0 Å². The van der Waals surface area contributed by atoms with Gasteiger partial charge in [0.2, 0.25) is 0 Å². The van der Waals surface area contributed by atoms with Crippen LogP contribution < -0.4 is 11.5 Å². The molecule has 0 aromatic heterocycles. The van der Waals surface area contributed by atoms with Gasteiger partial charge in [0.15, 0.2) is 0 Å². The molecule has 0 fully saturated rings. The second-order valence-electron chi connectivity index (χ2n) is 3.98. The first-order chi connectivity index (χ1) is 5.02. The number of hydrogen-bond acceptors (Lipinski definition) is 2. The van der Waals surface area contributed by atoms with Crippen molar-refractivity contribution in [2.75, 3.05) is 0 Å². The SMILES string of the molecule is CC(C)CCC(C)CC(N)N. The third-order valence-corrected chi connectivity index (χ3v) is 1.91. The zero-order chi connectivity index (χ0) is 8.85. The summed E-state index contributed by atoms with van der Waals surface area (Å²) in [5.41, 5.74) is 11.0. The van der Waals surface area contributed by atoms with E-state index in [-0.39, 0.29) is 6.17 Å². The van der Waals surface area contributed by atoms with Crippen molar-refractivity contribution in [3.63, 3.8) is 0 Å². The fourth-order valence-corrected chi connectivity index (χ4v) is 1.20. The summed E-state index contributed by atoms with van der Waals surface area (Å²) in [6.45, 7) is 6.71. The largest absolute Gasteiger partial charge is 0.316 e. The van der Waals surface area contributed by atoms with Gasteiger partial charge in [0, 0.05) is 0 Å². The molecule has 0 spiro atoms. The van der Waals surface area contributed by atoms with E-state index in [1.165, 1.54) is 12.8 Å². The van der Waals surface area contributed by atoms with E-state index in [0.29, 0.717) is 5.92 Å². The van der Waals surface area contributed by atoms with Gasteiger partial charge in [-0.05, 0) is 18.3 Å². The van der Waals surface area contributed by atoms with E-state index in [0.717, 1.165) is 12.3 Å². The molecule has 0 rings (SSSR count). The summed E-state index contributed by atoms with van der Waals surface area (Å²) in [4.78, 5) is 0. The summed E-state index contributed by atoms with van der Waals surface area (Å²) < 4.78 is 0. The highest BCUT2D eigenvalue weighted by Crippen LogP contribution is 2.14. The molecule has 0 saturated carbocycles. The van der Waals surface area contributed by atoms with Crippen molar-refractivity contribution < 1.29 is 0 Å². The highest BCUT2D eigenvalue weighted by molar-refractivity contribution is 4.60. The summed E-state index contributed by atoms with van der Waals surface area (Å²) in [5.74, 6) is 1.48. The Bertz CT molecular complexity index is 89.6. The first-order valence-electron chi connectivity index (χ1n) is 4.53. The summed E-state index contributed by atoms with van der Waals surface area (Å²) in [6, 6.07) is 0. The lowest BCUT2D eigenvalue weighted by atomic mass is 9.96. The Morgan fingerprint density at radius 1 is 1.00 bits per heavy atom. The molecule has 0 aliphatic heterocycles. The van der Waals surface area contributed by atoms with Crippen LogP contribution in [0.5, 0.6) is 0 Å². The zero-order valence-corrected chi connectivity index (χ0v) is 8.01. The molecule has 2 nitrogen and oxygen atoms in total. The van der Waals surface area contributed by atoms with Gasteiger partial charge in [0.25, 0.3) is 0 Å². The van der Waals surface area contributed by atoms with E-state index in [4.69, 9.17) is 11.5 Å². The van der Waals surface area contributed by atoms with Gasteiger partial charge in [-0.15, -0.1) is 0 Å². The minimum absolute atomic E-state index is 0.128. The number of hydrogen-bond donors (Lipinski definition) is 2. The van der Waals surface area contributed by atoms with Crippen LogP contribution in [0.25, 0.3) is 0 Å². The molecular formula is C9H22N2. The Labute approximate surface area is 70.3 Å². The molecule has 0 aromatic carbocycles. The van der Waals surface area contributed by atoms with Crippen molar-refractivity contribution in [2.24, 2.45) is 23.3 Å². The lowest BCUT2D eigenvalue weighted by Crippen LogP contribution is -2.32. The molecule has 0 aliphatic rings. The van der Waals surface area contributed by atoms with Crippen LogP contribution in [0.3, 0.4) is 0 Å². The smallest absolute Gasteiger partial charge is 0.0523 e. The second kappa shape index (κ2) is 5.56. The maximum Gasteiger partial charge on any atom is 0.0523 e. The average Bonchev–Trinajstić information content (AvgIpc) is 1.82. The molecule has 0 aromatic rings. The van der Waals surface area contributed by atoms with Crippen LogP contribution >= 0.6 is 0 Å². The molecule has 0 heterocycles. The standard InChI is InChI=1S/C9H22N2/c1-7(2)4-5-8(3)6-9(10)11/h7-9H,4-6,10-11H2,1-3H3. The Balaban J connectivity index is 3.29. The summed E-state index contributed by atoms with van der Waals surface area (Å²) in [6.07, 6.45) is 3.36. The number of rotatable bonds is 5. The summed E-state index contributed by atoms with van der Waals surface area (Å²) in [5, 5.41) is 0. The van der Waals surface area contributed by atoms with E-state index in [9.17, 15) is 0 Å². The lowest BCUT2D eigenvalue weighted by Gasteiger charge is -2.14. The van der Waals surface area contributed by atoms with Gasteiger partial charge in [-0.3, -0.25) is 0 Å². The molecule has 1 unspecified atom stereocenters.